The Morgan fingerprint density at radius 2 is 1.91 bits per heavy atom. The zero-order chi connectivity index (χ0) is 16.2. The van der Waals surface area contributed by atoms with Gasteiger partial charge in [0.1, 0.15) is 5.69 Å². The zero-order valence-electron chi connectivity index (χ0n) is 13.7. The van der Waals surface area contributed by atoms with Crippen molar-refractivity contribution in [3.63, 3.8) is 0 Å². The van der Waals surface area contributed by atoms with E-state index in [1.807, 2.05) is 38.1 Å². The van der Waals surface area contributed by atoms with Gasteiger partial charge in [0.2, 0.25) is 0 Å². The van der Waals surface area contributed by atoms with E-state index in [0.717, 1.165) is 22.5 Å². The van der Waals surface area contributed by atoms with Gasteiger partial charge in [-0.2, -0.15) is 0 Å². The Balaban J connectivity index is 1.66. The minimum absolute atomic E-state index is 0.175. The normalized spacial score (nSPS) is 14.7. The molecule has 1 aliphatic rings. The molecule has 3 rings (SSSR count). The lowest BCUT2D eigenvalue weighted by molar-refractivity contribution is 0.102. The predicted molar refractivity (Wildman–Crippen MR) is 94.0 cm³/mol. The van der Waals surface area contributed by atoms with Crippen LogP contribution in [0.1, 0.15) is 47.3 Å². The average Bonchev–Trinajstić information content (AvgIpc) is 3.05. The Hall–Kier alpha value is -2.36. The Labute approximate surface area is 137 Å². The van der Waals surface area contributed by atoms with Gasteiger partial charge in [-0.3, -0.25) is 4.79 Å². The summed E-state index contributed by atoms with van der Waals surface area (Å²) in [6, 6.07) is 10.1. The van der Waals surface area contributed by atoms with Crippen LogP contribution in [0.5, 0.6) is 0 Å². The first-order valence-electron chi connectivity index (χ1n) is 8.23. The minimum Gasteiger partial charge on any atom is -0.381 e. The highest BCUT2D eigenvalue weighted by Gasteiger charge is 2.15. The van der Waals surface area contributed by atoms with E-state index in [4.69, 9.17) is 0 Å². The summed E-state index contributed by atoms with van der Waals surface area (Å²) in [5, 5.41) is 6.42. The van der Waals surface area contributed by atoms with Crippen molar-refractivity contribution in [1.82, 2.24) is 4.98 Å². The number of anilines is 2. The first kappa shape index (κ1) is 15.5. The van der Waals surface area contributed by atoms with E-state index >= 15 is 0 Å². The van der Waals surface area contributed by atoms with Crippen molar-refractivity contribution in [1.29, 1.82) is 0 Å². The summed E-state index contributed by atoms with van der Waals surface area (Å²) in [5.74, 6) is -0.175. The Morgan fingerprint density at radius 1 is 1.13 bits per heavy atom. The smallest absolute Gasteiger partial charge is 0.274 e. The van der Waals surface area contributed by atoms with Gasteiger partial charge in [-0.25, -0.2) is 4.98 Å². The molecule has 2 aromatic rings. The van der Waals surface area contributed by atoms with Gasteiger partial charge in [0.15, 0.2) is 0 Å². The summed E-state index contributed by atoms with van der Waals surface area (Å²) in [5.41, 5.74) is 4.50. The molecule has 1 aromatic heterocycles. The van der Waals surface area contributed by atoms with E-state index in [-0.39, 0.29) is 5.91 Å². The van der Waals surface area contributed by atoms with Gasteiger partial charge >= 0.3 is 0 Å². The number of rotatable bonds is 4. The topological polar surface area (TPSA) is 54.0 Å². The molecular weight excluding hydrogens is 286 g/mol. The molecule has 0 spiro atoms. The highest BCUT2D eigenvalue weighted by Crippen LogP contribution is 2.22. The van der Waals surface area contributed by atoms with Crippen molar-refractivity contribution >= 4 is 17.3 Å². The first-order valence-corrected chi connectivity index (χ1v) is 8.23. The van der Waals surface area contributed by atoms with Crippen molar-refractivity contribution < 1.29 is 4.79 Å². The van der Waals surface area contributed by atoms with Gasteiger partial charge in [-0.15, -0.1) is 0 Å². The number of hydrogen-bond donors (Lipinski definition) is 2. The fourth-order valence-corrected chi connectivity index (χ4v) is 2.99. The Kier molecular flexibility index (Phi) is 4.60. The molecular formula is C19H23N3O. The molecule has 1 aliphatic carbocycles. The number of benzene rings is 1. The average molecular weight is 309 g/mol. The number of carbonyl (C=O) groups excluding carboxylic acids is 1. The number of nitrogens with one attached hydrogen (secondary N) is 2. The molecule has 1 amide bonds. The molecule has 0 radical (unpaired) electrons. The van der Waals surface area contributed by atoms with Crippen LogP contribution in [0.4, 0.5) is 11.4 Å². The number of amides is 1. The van der Waals surface area contributed by atoms with Crippen molar-refractivity contribution in [3.05, 3.63) is 53.3 Å². The monoisotopic (exact) mass is 309 g/mol. The van der Waals surface area contributed by atoms with Gasteiger partial charge < -0.3 is 10.6 Å². The third-order valence-electron chi connectivity index (χ3n) is 4.57. The quantitative estimate of drug-likeness (QED) is 0.885. The second-order valence-electron chi connectivity index (χ2n) is 6.26. The Morgan fingerprint density at radius 3 is 2.61 bits per heavy atom. The summed E-state index contributed by atoms with van der Waals surface area (Å²) in [6.07, 6.45) is 6.77. The van der Waals surface area contributed by atoms with Crippen molar-refractivity contribution in [2.75, 3.05) is 10.6 Å². The Bertz CT molecular complexity index is 688. The largest absolute Gasteiger partial charge is 0.381 e. The standard InChI is InChI=1S/C19H23N3O/c1-13-6-5-9-17(14(13)2)22-19(23)18-11-10-16(12-20-18)21-15-7-3-4-8-15/h5-6,9-12,15,21H,3-4,7-8H2,1-2H3,(H,22,23). The molecule has 1 aromatic carbocycles. The molecule has 4 nitrogen and oxygen atoms in total. The molecule has 0 aliphatic heterocycles. The molecule has 0 atom stereocenters. The van der Waals surface area contributed by atoms with Crippen LogP contribution in [0.25, 0.3) is 0 Å². The lowest BCUT2D eigenvalue weighted by Gasteiger charge is -2.13. The summed E-state index contributed by atoms with van der Waals surface area (Å²) >= 11 is 0. The summed E-state index contributed by atoms with van der Waals surface area (Å²) in [6.45, 7) is 4.04. The fourth-order valence-electron chi connectivity index (χ4n) is 2.99. The lowest BCUT2D eigenvalue weighted by atomic mass is 10.1. The van der Waals surface area contributed by atoms with Crippen LogP contribution >= 0.6 is 0 Å². The van der Waals surface area contributed by atoms with E-state index in [0.29, 0.717) is 11.7 Å². The number of nitrogens with zero attached hydrogens (tertiary/aromatic N) is 1. The van der Waals surface area contributed by atoms with Crippen LogP contribution in [0.2, 0.25) is 0 Å². The maximum atomic E-state index is 12.3. The van der Waals surface area contributed by atoms with Crippen LogP contribution in [-0.4, -0.2) is 16.9 Å². The van der Waals surface area contributed by atoms with Gasteiger partial charge in [0, 0.05) is 11.7 Å². The van der Waals surface area contributed by atoms with Gasteiger partial charge in [0.05, 0.1) is 11.9 Å². The van der Waals surface area contributed by atoms with Crippen molar-refractivity contribution in [3.8, 4) is 0 Å². The summed E-state index contributed by atoms with van der Waals surface area (Å²) in [4.78, 5) is 16.6. The molecule has 0 bridgehead atoms. The number of aryl methyl sites for hydroxylation is 1. The third-order valence-corrected chi connectivity index (χ3v) is 4.57. The van der Waals surface area contributed by atoms with Crippen LogP contribution in [0.15, 0.2) is 36.5 Å². The maximum Gasteiger partial charge on any atom is 0.274 e. The second-order valence-corrected chi connectivity index (χ2v) is 6.26. The molecule has 1 saturated carbocycles. The molecule has 1 fully saturated rings. The number of aromatic nitrogens is 1. The highest BCUT2D eigenvalue weighted by molar-refractivity contribution is 6.03. The van der Waals surface area contributed by atoms with Gasteiger partial charge in [-0.05, 0) is 56.0 Å². The summed E-state index contributed by atoms with van der Waals surface area (Å²) < 4.78 is 0. The molecule has 2 N–H and O–H groups in total. The van der Waals surface area contributed by atoms with E-state index in [9.17, 15) is 4.79 Å². The molecule has 0 saturated heterocycles. The fraction of sp³-hybridized carbons (Fsp3) is 0.368. The SMILES string of the molecule is Cc1cccc(NC(=O)c2ccc(NC3CCCC3)cn2)c1C. The summed E-state index contributed by atoms with van der Waals surface area (Å²) in [7, 11) is 0. The molecule has 4 heteroatoms. The zero-order valence-corrected chi connectivity index (χ0v) is 13.7. The van der Waals surface area contributed by atoms with Crippen LogP contribution in [-0.2, 0) is 0 Å². The number of pyridine rings is 1. The minimum atomic E-state index is -0.175. The number of carbonyl (C=O) groups is 1. The molecule has 1 heterocycles. The van der Waals surface area contributed by atoms with Crippen LogP contribution in [0.3, 0.4) is 0 Å². The predicted octanol–water partition coefficient (Wildman–Crippen LogP) is 4.31. The van der Waals surface area contributed by atoms with E-state index in [1.54, 1.807) is 12.3 Å². The van der Waals surface area contributed by atoms with E-state index < -0.39 is 0 Å². The highest BCUT2D eigenvalue weighted by atomic mass is 16.1. The van der Waals surface area contributed by atoms with Crippen molar-refractivity contribution in [2.24, 2.45) is 0 Å². The molecule has 0 unspecified atom stereocenters. The van der Waals surface area contributed by atoms with E-state index in [2.05, 4.69) is 15.6 Å². The lowest BCUT2D eigenvalue weighted by Crippen LogP contribution is -2.17. The second kappa shape index (κ2) is 6.82. The number of hydrogen-bond acceptors (Lipinski definition) is 3. The molecule has 120 valence electrons. The van der Waals surface area contributed by atoms with Crippen LogP contribution < -0.4 is 10.6 Å². The van der Waals surface area contributed by atoms with Crippen LogP contribution in [0, 0.1) is 13.8 Å². The molecule has 23 heavy (non-hydrogen) atoms. The maximum absolute atomic E-state index is 12.3. The first-order chi connectivity index (χ1) is 11.1. The third kappa shape index (κ3) is 3.70. The van der Waals surface area contributed by atoms with E-state index in [1.165, 1.54) is 25.7 Å². The van der Waals surface area contributed by atoms with Crippen molar-refractivity contribution in [2.45, 2.75) is 45.6 Å². The van der Waals surface area contributed by atoms with Gasteiger partial charge in [0.25, 0.3) is 5.91 Å². The van der Waals surface area contributed by atoms with Gasteiger partial charge in [-0.1, -0.05) is 25.0 Å².